The first-order valence-corrected chi connectivity index (χ1v) is 6.52. The lowest BCUT2D eigenvalue weighted by Gasteiger charge is -2.15. The van der Waals surface area contributed by atoms with Gasteiger partial charge in [-0.15, -0.1) is 0 Å². The van der Waals surface area contributed by atoms with Crippen molar-refractivity contribution in [1.29, 1.82) is 0 Å². The topological polar surface area (TPSA) is 66.4 Å². The number of carbonyl (C=O) groups is 2. The van der Waals surface area contributed by atoms with E-state index in [4.69, 9.17) is 5.11 Å². The number of nitrogens with one attached hydrogen (secondary N) is 1. The van der Waals surface area contributed by atoms with Gasteiger partial charge in [-0.2, -0.15) is 0 Å². The van der Waals surface area contributed by atoms with Crippen molar-refractivity contribution in [3.8, 4) is 0 Å². The van der Waals surface area contributed by atoms with Crippen molar-refractivity contribution in [3.63, 3.8) is 0 Å². The molecule has 0 radical (unpaired) electrons. The summed E-state index contributed by atoms with van der Waals surface area (Å²) in [6.45, 7) is 5.22. The van der Waals surface area contributed by atoms with Crippen LogP contribution in [0.4, 0.5) is 5.69 Å². The summed E-state index contributed by atoms with van der Waals surface area (Å²) in [4.78, 5) is 23.0. The summed E-state index contributed by atoms with van der Waals surface area (Å²) in [7, 11) is 0. The minimum absolute atomic E-state index is 0.146. The van der Waals surface area contributed by atoms with Crippen LogP contribution in [0.3, 0.4) is 0 Å². The van der Waals surface area contributed by atoms with Crippen molar-refractivity contribution < 1.29 is 14.7 Å². The average Bonchev–Trinajstić information content (AvgIpc) is 2.29. The lowest BCUT2D eigenvalue weighted by atomic mass is 9.90. The van der Waals surface area contributed by atoms with Crippen molar-refractivity contribution >= 4 is 33.4 Å². The minimum atomic E-state index is -1.17. The van der Waals surface area contributed by atoms with Gasteiger partial charge >= 0.3 is 5.97 Å². The van der Waals surface area contributed by atoms with E-state index in [1.165, 1.54) is 0 Å². The van der Waals surface area contributed by atoms with Gasteiger partial charge in [0.15, 0.2) is 5.78 Å². The summed E-state index contributed by atoms with van der Waals surface area (Å²) < 4.78 is 0.727. The van der Waals surface area contributed by atoms with Gasteiger partial charge in [-0.3, -0.25) is 4.79 Å². The number of carboxylic acids is 1. The zero-order valence-corrected chi connectivity index (χ0v) is 12.6. The zero-order valence-electron chi connectivity index (χ0n) is 11.0. The van der Waals surface area contributed by atoms with Crippen molar-refractivity contribution in [1.82, 2.24) is 0 Å². The Kier molecular flexibility index (Phi) is 4.89. The second-order valence-electron chi connectivity index (χ2n) is 5.08. The molecule has 0 bridgehead atoms. The highest BCUT2D eigenvalue weighted by Gasteiger charge is 2.21. The van der Waals surface area contributed by atoms with Crippen LogP contribution in [0.25, 0.3) is 0 Å². The Bertz CT molecular complexity index is 530. The van der Waals surface area contributed by atoms with Gasteiger partial charge in [-0.05, 0) is 28.1 Å². The van der Waals surface area contributed by atoms with Crippen molar-refractivity contribution in [2.45, 2.75) is 20.8 Å². The Morgan fingerprint density at radius 3 is 2.32 bits per heavy atom. The third kappa shape index (κ3) is 4.52. The maximum atomic E-state index is 11.9. The SMILES string of the molecule is CC(C)(C)C(=O)/C=C(\Nc1ccccc1Br)C(=O)O. The molecule has 0 aliphatic heterocycles. The van der Waals surface area contributed by atoms with E-state index < -0.39 is 11.4 Å². The highest BCUT2D eigenvalue weighted by molar-refractivity contribution is 9.10. The van der Waals surface area contributed by atoms with Crippen LogP contribution >= 0.6 is 15.9 Å². The maximum absolute atomic E-state index is 11.9. The molecular formula is C14H16BrNO3. The fourth-order valence-electron chi connectivity index (χ4n) is 1.21. The number of hydrogen-bond donors (Lipinski definition) is 2. The first-order chi connectivity index (χ1) is 8.71. The summed E-state index contributed by atoms with van der Waals surface area (Å²) >= 11 is 3.31. The molecule has 1 aromatic rings. The fraction of sp³-hybridized carbons (Fsp3) is 0.286. The van der Waals surface area contributed by atoms with Crippen molar-refractivity contribution in [3.05, 3.63) is 40.5 Å². The van der Waals surface area contributed by atoms with Crippen molar-refractivity contribution in [2.75, 3.05) is 5.32 Å². The molecule has 102 valence electrons. The van der Waals surface area contributed by atoms with E-state index in [1.807, 2.05) is 6.07 Å². The molecule has 0 spiro atoms. The molecule has 0 aliphatic rings. The monoisotopic (exact) mass is 325 g/mol. The van der Waals surface area contributed by atoms with E-state index in [0.29, 0.717) is 5.69 Å². The van der Waals surface area contributed by atoms with Gasteiger partial charge in [0.1, 0.15) is 5.70 Å². The normalized spacial score (nSPS) is 12.1. The van der Waals surface area contributed by atoms with E-state index >= 15 is 0 Å². The first-order valence-electron chi connectivity index (χ1n) is 5.73. The quantitative estimate of drug-likeness (QED) is 0.832. The first kappa shape index (κ1) is 15.4. The van der Waals surface area contributed by atoms with Crippen LogP contribution in [-0.4, -0.2) is 16.9 Å². The van der Waals surface area contributed by atoms with Crippen LogP contribution < -0.4 is 5.32 Å². The highest BCUT2D eigenvalue weighted by atomic mass is 79.9. The Hall–Kier alpha value is -1.62. The molecule has 0 saturated carbocycles. The second-order valence-corrected chi connectivity index (χ2v) is 5.94. The summed E-state index contributed by atoms with van der Waals surface area (Å²) in [6.07, 6.45) is 1.13. The van der Waals surface area contributed by atoms with Crippen LogP contribution in [-0.2, 0) is 9.59 Å². The zero-order chi connectivity index (χ0) is 14.6. The van der Waals surface area contributed by atoms with Gasteiger partial charge < -0.3 is 10.4 Å². The van der Waals surface area contributed by atoms with Gasteiger partial charge in [0.2, 0.25) is 0 Å². The molecule has 5 heteroatoms. The Morgan fingerprint density at radius 1 is 1.26 bits per heavy atom. The average molecular weight is 326 g/mol. The fourth-order valence-corrected chi connectivity index (χ4v) is 1.59. The lowest BCUT2D eigenvalue weighted by molar-refractivity contribution is -0.133. The Balaban J connectivity index is 3.04. The predicted molar refractivity (Wildman–Crippen MR) is 77.9 cm³/mol. The highest BCUT2D eigenvalue weighted by Crippen LogP contribution is 2.23. The Morgan fingerprint density at radius 2 is 1.84 bits per heavy atom. The van der Waals surface area contributed by atoms with Crippen LogP contribution in [0, 0.1) is 5.41 Å². The summed E-state index contributed by atoms with van der Waals surface area (Å²) in [5.74, 6) is -1.42. The largest absolute Gasteiger partial charge is 0.477 e. The lowest BCUT2D eigenvalue weighted by Crippen LogP contribution is -2.21. The van der Waals surface area contributed by atoms with E-state index in [1.54, 1.807) is 39.0 Å². The molecule has 0 aliphatic carbocycles. The predicted octanol–water partition coefficient (Wildman–Crippen LogP) is 3.44. The Labute approximate surface area is 120 Å². The standard InChI is InChI=1S/C14H16BrNO3/c1-14(2,3)12(17)8-11(13(18)19)16-10-7-5-4-6-9(10)15/h4-8,16H,1-3H3,(H,18,19)/b11-8-. The number of hydrogen-bond acceptors (Lipinski definition) is 3. The van der Waals surface area contributed by atoms with E-state index in [2.05, 4.69) is 21.2 Å². The third-order valence-corrected chi connectivity index (χ3v) is 3.08. The van der Waals surface area contributed by atoms with Gasteiger partial charge in [-0.25, -0.2) is 4.79 Å². The molecule has 0 unspecified atom stereocenters. The van der Waals surface area contributed by atoms with Gasteiger partial charge in [0.05, 0.1) is 5.69 Å². The maximum Gasteiger partial charge on any atom is 0.352 e. The number of carbonyl (C=O) groups excluding carboxylic acids is 1. The molecular weight excluding hydrogens is 310 g/mol. The molecule has 1 rings (SSSR count). The number of allylic oxidation sites excluding steroid dienone is 1. The number of anilines is 1. The molecule has 0 saturated heterocycles. The van der Waals surface area contributed by atoms with E-state index in [0.717, 1.165) is 10.5 Å². The molecule has 0 heterocycles. The molecule has 0 aromatic heterocycles. The van der Waals surface area contributed by atoms with Gasteiger partial charge in [0.25, 0.3) is 0 Å². The molecule has 19 heavy (non-hydrogen) atoms. The van der Waals surface area contributed by atoms with Crippen molar-refractivity contribution in [2.24, 2.45) is 5.41 Å². The summed E-state index contributed by atoms with van der Waals surface area (Å²) in [5, 5.41) is 11.9. The molecule has 2 N–H and O–H groups in total. The van der Waals surface area contributed by atoms with Crippen LogP contribution in [0.2, 0.25) is 0 Å². The molecule has 0 atom stereocenters. The van der Waals surface area contributed by atoms with Gasteiger partial charge in [0, 0.05) is 16.0 Å². The number of para-hydroxylation sites is 1. The number of ketones is 1. The summed E-state index contributed by atoms with van der Waals surface area (Å²) in [5.41, 5.74) is -0.166. The van der Waals surface area contributed by atoms with Crippen LogP contribution in [0.15, 0.2) is 40.5 Å². The van der Waals surface area contributed by atoms with Crippen LogP contribution in [0.1, 0.15) is 20.8 Å². The number of benzene rings is 1. The van der Waals surface area contributed by atoms with E-state index in [9.17, 15) is 9.59 Å². The third-order valence-electron chi connectivity index (χ3n) is 2.39. The number of rotatable bonds is 4. The smallest absolute Gasteiger partial charge is 0.352 e. The summed E-state index contributed by atoms with van der Waals surface area (Å²) in [6, 6.07) is 7.10. The molecule has 1 aromatic carbocycles. The molecule has 0 fully saturated rings. The molecule has 0 amide bonds. The van der Waals surface area contributed by atoms with Crippen LogP contribution in [0.5, 0.6) is 0 Å². The molecule has 4 nitrogen and oxygen atoms in total. The number of carboxylic acid groups (broad SMARTS) is 1. The second kappa shape index (κ2) is 6.02. The van der Waals surface area contributed by atoms with Gasteiger partial charge in [-0.1, -0.05) is 32.9 Å². The number of aliphatic carboxylic acids is 1. The number of halogens is 1. The minimum Gasteiger partial charge on any atom is -0.477 e. The van der Waals surface area contributed by atoms with E-state index in [-0.39, 0.29) is 11.5 Å².